The predicted molar refractivity (Wildman–Crippen MR) is 108 cm³/mol. The highest BCUT2D eigenvalue weighted by Crippen LogP contribution is 2.38. The van der Waals surface area contributed by atoms with Crippen LogP contribution in [0.3, 0.4) is 0 Å². The second-order valence-electron chi connectivity index (χ2n) is 6.96. The van der Waals surface area contributed by atoms with Crippen LogP contribution in [0.2, 0.25) is 0 Å². The average molecular weight is 371 g/mol. The summed E-state index contributed by atoms with van der Waals surface area (Å²) < 4.78 is 5.87. The number of fused-ring (bicyclic) bond motifs is 4. The second kappa shape index (κ2) is 6.16. The van der Waals surface area contributed by atoms with Crippen molar-refractivity contribution in [1.82, 2.24) is 15.0 Å². The third kappa shape index (κ3) is 2.51. The van der Waals surface area contributed by atoms with E-state index in [9.17, 15) is 5.11 Å². The van der Waals surface area contributed by atoms with E-state index >= 15 is 0 Å². The third-order valence-corrected chi connectivity index (χ3v) is 4.83. The van der Waals surface area contributed by atoms with Gasteiger partial charge in [-0.15, -0.1) is 10.2 Å². The quantitative estimate of drug-likeness (QED) is 0.374. The Morgan fingerprint density at radius 2 is 1.89 bits per heavy atom. The van der Waals surface area contributed by atoms with Gasteiger partial charge in [0.1, 0.15) is 17.4 Å². The average Bonchev–Trinajstić information content (AvgIpc) is 3.23. The lowest BCUT2D eigenvalue weighted by atomic mass is 10.0. The van der Waals surface area contributed by atoms with Gasteiger partial charge in [0.2, 0.25) is 11.7 Å². The molecule has 0 saturated carbocycles. The van der Waals surface area contributed by atoms with Crippen LogP contribution in [0.15, 0.2) is 63.4 Å². The number of aromatic nitrogens is 3. The fraction of sp³-hybridized carbons (Fsp3) is 0.143. The highest BCUT2D eigenvalue weighted by Gasteiger charge is 2.15. The van der Waals surface area contributed by atoms with Crippen LogP contribution in [0.1, 0.15) is 25.3 Å². The first-order chi connectivity index (χ1) is 13.6. The van der Waals surface area contributed by atoms with Crippen molar-refractivity contribution < 1.29 is 9.52 Å². The molecule has 5 aromatic rings. The number of furan rings is 1. The lowest BCUT2D eigenvalue weighted by molar-refractivity contribution is 0.459. The molecule has 28 heavy (non-hydrogen) atoms. The van der Waals surface area contributed by atoms with Gasteiger partial charge in [0.15, 0.2) is 11.3 Å². The number of aromatic amines is 1. The van der Waals surface area contributed by atoms with E-state index in [1.54, 1.807) is 0 Å². The van der Waals surface area contributed by atoms with Crippen molar-refractivity contribution in [3.63, 3.8) is 0 Å². The summed E-state index contributed by atoms with van der Waals surface area (Å²) in [5, 5.41) is 20.5. The smallest absolute Gasteiger partial charge is 0.221 e. The van der Waals surface area contributed by atoms with E-state index in [1.165, 1.54) is 6.33 Å². The van der Waals surface area contributed by atoms with Crippen molar-refractivity contribution >= 4 is 44.5 Å². The molecule has 0 aliphatic rings. The summed E-state index contributed by atoms with van der Waals surface area (Å²) in [7, 11) is 0. The van der Waals surface area contributed by atoms with Gasteiger partial charge in [-0.1, -0.05) is 32.0 Å². The van der Waals surface area contributed by atoms with Crippen LogP contribution in [-0.4, -0.2) is 20.1 Å². The van der Waals surface area contributed by atoms with E-state index in [2.05, 4.69) is 39.0 Å². The van der Waals surface area contributed by atoms with Gasteiger partial charge in [0.05, 0.1) is 5.52 Å². The van der Waals surface area contributed by atoms with E-state index in [0.717, 1.165) is 21.9 Å². The summed E-state index contributed by atoms with van der Waals surface area (Å²) in [4.78, 5) is 11.4. The van der Waals surface area contributed by atoms with Crippen LogP contribution < -0.4 is 0 Å². The number of benzene rings is 2. The Balaban J connectivity index is 1.65. The van der Waals surface area contributed by atoms with Crippen molar-refractivity contribution in [1.29, 1.82) is 0 Å². The van der Waals surface area contributed by atoms with Gasteiger partial charge in [-0.05, 0) is 35.7 Å². The zero-order chi connectivity index (χ0) is 19.3. The predicted octanol–water partition coefficient (Wildman–Crippen LogP) is 6.10. The standard InChI is InChI=1S/C21H17N5O2/c1-11(2)12-7-8-15-14(9-12)18(21(27)24-15)25-26-20-19-17(22-10-23-20)13-5-3-4-6-16(13)28-19/h3-11,24,27H,1-2H3. The summed E-state index contributed by atoms with van der Waals surface area (Å²) in [5.74, 6) is 0.646. The maximum atomic E-state index is 10.3. The minimum atomic E-state index is -0.0328. The van der Waals surface area contributed by atoms with Crippen LogP contribution in [0.4, 0.5) is 11.5 Å². The Morgan fingerprint density at radius 3 is 2.75 bits per heavy atom. The maximum Gasteiger partial charge on any atom is 0.221 e. The van der Waals surface area contributed by atoms with E-state index in [0.29, 0.717) is 34.1 Å². The molecular formula is C21H17N5O2. The molecule has 0 atom stereocenters. The van der Waals surface area contributed by atoms with Gasteiger partial charge in [0, 0.05) is 10.8 Å². The van der Waals surface area contributed by atoms with Gasteiger partial charge in [-0.2, -0.15) is 0 Å². The molecule has 0 saturated heterocycles. The molecule has 0 aliphatic carbocycles. The lowest BCUT2D eigenvalue weighted by Crippen LogP contribution is -1.85. The third-order valence-electron chi connectivity index (χ3n) is 4.83. The molecule has 0 aliphatic heterocycles. The highest BCUT2D eigenvalue weighted by molar-refractivity contribution is 6.05. The summed E-state index contributed by atoms with van der Waals surface area (Å²) in [6, 6.07) is 13.6. The summed E-state index contributed by atoms with van der Waals surface area (Å²) >= 11 is 0. The molecule has 5 rings (SSSR count). The molecule has 3 heterocycles. The topological polar surface area (TPSA) is 99.7 Å². The van der Waals surface area contributed by atoms with Crippen LogP contribution in [0.25, 0.3) is 33.0 Å². The van der Waals surface area contributed by atoms with Gasteiger partial charge in [0.25, 0.3) is 0 Å². The van der Waals surface area contributed by atoms with Gasteiger partial charge in [-0.3, -0.25) is 0 Å². The first-order valence-electron chi connectivity index (χ1n) is 9.00. The number of para-hydroxylation sites is 1. The fourth-order valence-electron chi connectivity index (χ4n) is 3.32. The zero-order valence-corrected chi connectivity index (χ0v) is 15.3. The summed E-state index contributed by atoms with van der Waals surface area (Å²) in [6.07, 6.45) is 1.44. The van der Waals surface area contributed by atoms with E-state index in [-0.39, 0.29) is 5.88 Å². The van der Waals surface area contributed by atoms with Gasteiger partial charge < -0.3 is 14.5 Å². The van der Waals surface area contributed by atoms with Gasteiger partial charge >= 0.3 is 0 Å². The van der Waals surface area contributed by atoms with Crippen LogP contribution in [-0.2, 0) is 0 Å². The van der Waals surface area contributed by atoms with Crippen molar-refractivity contribution in [2.24, 2.45) is 10.2 Å². The Labute approximate surface area is 159 Å². The number of rotatable bonds is 3. The molecule has 7 heteroatoms. The molecule has 2 aromatic carbocycles. The first-order valence-corrected chi connectivity index (χ1v) is 9.00. The van der Waals surface area contributed by atoms with Gasteiger partial charge in [-0.25, -0.2) is 9.97 Å². The molecule has 7 nitrogen and oxygen atoms in total. The van der Waals surface area contributed by atoms with Crippen molar-refractivity contribution in [2.45, 2.75) is 19.8 Å². The second-order valence-corrected chi connectivity index (χ2v) is 6.96. The number of hydrogen-bond donors (Lipinski definition) is 2. The van der Waals surface area contributed by atoms with Crippen LogP contribution in [0.5, 0.6) is 5.88 Å². The molecule has 0 spiro atoms. The van der Waals surface area contributed by atoms with Crippen LogP contribution in [0, 0.1) is 0 Å². The summed E-state index contributed by atoms with van der Waals surface area (Å²) in [5.41, 5.74) is 4.20. The van der Waals surface area contributed by atoms with Crippen LogP contribution >= 0.6 is 0 Å². The number of azo groups is 1. The molecule has 0 bridgehead atoms. The fourth-order valence-corrected chi connectivity index (χ4v) is 3.32. The summed E-state index contributed by atoms with van der Waals surface area (Å²) in [6.45, 7) is 4.24. The van der Waals surface area contributed by atoms with E-state index < -0.39 is 0 Å². The minimum Gasteiger partial charge on any atom is -0.493 e. The van der Waals surface area contributed by atoms with Crippen molar-refractivity contribution in [2.75, 3.05) is 0 Å². The largest absolute Gasteiger partial charge is 0.493 e. The number of H-pyrrole nitrogens is 1. The molecule has 0 radical (unpaired) electrons. The Hall–Kier alpha value is -3.74. The molecule has 0 fully saturated rings. The zero-order valence-electron chi connectivity index (χ0n) is 15.3. The Kier molecular flexibility index (Phi) is 3.61. The Morgan fingerprint density at radius 1 is 1.04 bits per heavy atom. The monoisotopic (exact) mass is 371 g/mol. The molecule has 0 amide bonds. The number of hydrogen-bond acceptors (Lipinski definition) is 6. The van der Waals surface area contributed by atoms with E-state index in [1.807, 2.05) is 42.5 Å². The number of aromatic hydroxyl groups is 1. The van der Waals surface area contributed by atoms with Crippen molar-refractivity contribution in [3.8, 4) is 5.88 Å². The van der Waals surface area contributed by atoms with E-state index in [4.69, 9.17) is 4.42 Å². The lowest BCUT2D eigenvalue weighted by Gasteiger charge is -2.04. The number of nitrogens with zero attached hydrogens (tertiary/aromatic N) is 4. The normalized spacial score (nSPS) is 12.2. The Bertz CT molecular complexity index is 1360. The maximum absolute atomic E-state index is 10.3. The minimum absolute atomic E-state index is 0.0328. The SMILES string of the molecule is CC(C)c1ccc2[nH]c(O)c(N=Nc3ncnc4c3oc3ccccc34)c2c1. The molecule has 3 aromatic heterocycles. The molecule has 0 unspecified atom stereocenters. The number of nitrogens with one attached hydrogen (secondary N) is 1. The van der Waals surface area contributed by atoms with Crippen molar-refractivity contribution in [3.05, 3.63) is 54.4 Å². The molecule has 138 valence electrons. The highest BCUT2D eigenvalue weighted by atomic mass is 16.3. The molecule has 2 N–H and O–H groups in total. The molecular weight excluding hydrogens is 354 g/mol. The first kappa shape index (κ1) is 16.4.